The predicted molar refractivity (Wildman–Crippen MR) is 109 cm³/mol. The summed E-state index contributed by atoms with van der Waals surface area (Å²) in [5.74, 6) is 2.67. The molecule has 1 N–H and O–H groups in total. The summed E-state index contributed by atoms with van der Waals surface area (Å²) < 4.78 is 10.9. The number of ether oxygens (including phenoxy) is 2. The zero-order valence-electron chi connectivity index (χ0n) is 16.3. The molecular formula is C21H27N5O2. The van der Waals surface area contributed by atoms with E-state index < -0.39 is 0 Å². The fraction of sp³-hybridized carbons (Fsp3) is 0.429. The van der Waals surface area contributed by atoms with Crippen LogP contribution in [0, 0.1) is 0 Å². The smallest absolute Gasteiger partial charge is 0.231 e. The number of rotatable bonds is 5. The van der Waals surface area contributed by atoms with Gasteiger partial charge in [-0.1, -0.05) is 12.1 Å². The van der Waals surface area contributed by atoms with Crippen LogP contribution >= 0.6 is 0 Å². The first-order valence-electron chi connectivity index (χ1n) is 9.78. The molecule has 1 saturated heterocycles. The van der Waals surface area contributed by atoms with Crippen LogP contribution < -0.4 is 14.8 Å². The number of fused-ring (bicyclic) bond motifs is 1. The molecule has 2 aromatic rings. The van der Waals surface area contributed by atoms with Crippen molar-refractivity contribution >= 4 is 5.96 Å². The Morgan fingerprint density at radius 2 is 1.96 bits per heavy atom. The number of benzene rings is 1. The lowest BCUT2D eigenvalue weighted by atomic mass is 10.1. The highest BCUT2D eigenvalue weighted by molar-refractivity contribution is 5.80. The number of nitrogens with zero attached hydrogens (tertiary/aromatic N) is 4. The molecule has 0 aliphatic carbocycles. The molecule has 1 aromatic carbocycles. The number of hydrogen-bond acceptors (Lipinski definition) is 5. The maximum Gasteiger partial charge on any atom is 0.231 e. The molecule has 0 spiro atoms. The van der Waals surface area contributed by atoms with Crippen molar-refractivity contribution in [1.29, 1.82) is 0 Å². The van der Waals surface area contributed by atoms with Gasteiger partial charge in [-0.05, 0) is 29.8 Å². The molecule has 4 rings (SSSR count). The van der Waals surface area contributed by atoms with Crippen molar-refractivity contribution < 1.29 is 9.47 Å². The number of guanidine groups is 1. The summed E-state index contributed by atoms with van der Waals surface area (Å²) in [4.78, 5) is 13.6. The second-order valence-electron chi connectivity index (χ2n) is 7.00. The summed E-state index contributed by atoms with van der Waals surface area (Å²) in [7, 11) is 1.85. The summed E-state index contributed by atoms with van der Waals surface area (Å²) in [5.41, 5.74) is 2.36. The van der Waals surface area contributed by atoms with E-state index in [9.17, 15) is 0 Å². The fourth-order valence-corrected chi connectivity index (χ4v) is 3.60. The van der Waals surface area contributed by atoms with Crippen molar-refractivity contribution in [1.82, 2.24) is 20.1 Å². The van der Waals surface area contributed by atoms with Crippen molar-refractivity contribution in [2.75, 3.05) is 46.6 Å². The van der Waals surface area contributed by atoms with E-state index in [1.54, 1.807) is 0 Å². The zero-order valence-corrected chi connectivity index (χ0v) is 16.3. The average molecular weight is 381 g/mol. The monoisotopic (exact) mass is 381 g/mol. The van der Waals surface area contributed by atoms with Gasteiger partial charge in [0, 0.05) is 64.6 Å². The third-order valence-electron chi connectivity index (χ3n) is 5.12. The van der Waals surface area contributed by atoms with Crippen LogP contribution in [0.5, 0.6) is 11.5 Å². The maximum absolute atomic E-state index is 5.48. The minimum absolute atomic E-state index is 0.323. The van der Waals surface area contributed by atoms with E-state index in [0.29, 0.717) is 6.79 Å². The highest BCUT2D eigenvalue weighted by atomic mass is 16.7. The van der Waals surface area contributed by atoms with E-state index in [-0.39, 0.29) is 0 Å². The van der Waals surface area contributed by atoms with Gasteiger partial charge in [-0.25, -0.2) is 0 Å². The van der Waals surface area contributed by atoms with E-state index in [0.717, 1.165) is 68.8 Å². The zero-order chi connectivity index (χ0) is 19.2. The van der Waals surface area contributed by atoms with E-state index in [2.05, 4.69) is 43.3 Å². The Labute approximate surface area is 166 Å². The first kappa shape index (κ1) is 18.6. The molecule has 1 aromatic heterocycles. The number of piperazine rings is 1. The third-order valence-corrected chi connectivity index (χ3v) is 5.12. The van der Waals surface area contributed by atoms with Crippen LogP contribution in [0.15, 0.2) is 47.6 Å². The van der Waals surface area contributed by atoms with E-state index in [1.165, 1.54) is 5.56 Å². The van der Waals surface area contributed by atoms with Crippen molar-refractivity contribution in [3.63, 3.8) is 0 Å². The molecule has 0 amide bonds. The van der Waals surface area contributed by atoms with E-state index >= 15 is 0 Å². The largest absolute Gasteiger partial charge is 0.454 e. The number of aromatic nitrogens is 1. The first-order valence-corrected chi connectivity index (χ1v) is 9.78. The standard InChI is InChI=1S/C21H27N5O2/c1-22-21(24-9-7-18-4-2-3-8-23-18)26-12-10-25(11-13-26)15-17-5-6-19-20(14-17)28-16-27-19/h2-6,8,14H,7,9-13,15-16H2,1H3,(H,22,24). The van der Waals surface area contributed by atoms with Crippen LogP contribution in [0.25, 0.3) is 0 Å². The lowest BCUT2D eigenvalue weighted by Crippen LogP contribution is -2.52. The summed E-state index contributed by atoms with van der Waals surface area (Å²) in [6, 6.07) is 12.2. The quantitative estimate of drug-likeness (QED) is 0.629. The summed E-state index contributed by atoms with van der Waals surface area (Å²) in [5, 5.41) is 3.47. The van der Waals surface area contributed by atoms with E-state index in [4.69, 9.17) is 9.47 Å². The molecule has 0 atom stereocenters. The number of nitrogens with one attached hydrogen (secondary N) is 1. The van der Waals surface area contributed by atoms with Crippen LogP contribution in [0.2, 0.25) is 0 Å². The highest BCUT2D eigenvalue weighted by Gasteiger charge is 2.20. The second kappa shape index (κ2) is 8.93. The van der Waals surface area contributed by atoms with Crippen molar-refractivity contribution in [3.8, 4) is 11.5 Å². The normalized spacial score (nSPS) is 17.0. The van der Waals surface area contributed by atoms with Gasteiger partial charge < -0.3 is 19.7 Å². The Bertz CT molecular complexity index is 804. The van der Waals surface area contributed by atoms with Gasteiger partial charge in [-0.3, -0.25) is 14.9 Å². The van der Waals surface area contributed by atoms with Crippen molar-refractivity contribution in [2.45, 2.75) is 13.0 Å². The molecule has 0 unspecified atom stereocenters. The van der Waals surface area contributed by atoms with Crippen molar-refractivity contribution in [2.24, 2.45) is 4.99 Å². The molecule has 2 aliphatic rings. The Balaban J connectivity index is 1.23. The summed E-state index contributed by atoms with van der Waals surface area (Å²) >= 11 is 0. The maximum atomic E-state index is 5.48. The molecule has 0 bridgehead atoms. The van der Waals surface area contributed by atoms with Gasteiger partial charge in [0.25, 0.3) is 0 Å². The predicted octanol–water partition coefficient (Wildman–Crippen LogP) is 1.75. The lowest BCUT2D eigenvalue weighted by molar-refractivity contribution is 0.171. The lowest BCUT2D eigenvalue weighted by Gasteiger charge is -2.36. The van der Waals surface area contributed by atoms with Gasteiger partial charge in [-0.2, -0.15) is 0 Å². The molecule has 0 saturated carbocycles. The van der Waals surface area contributed by atoms with E-state index in [1.807, 2.05) is 31.4 Å². The van der Waals surface area contributed by atoms with Gasteiger partial charge >= 0.3 is 0 Å². The van der Waals surface area contributed by atoms with Crippen LogP contribution in [0.4, 0.5) is 0 Å². The molecule has 3 heterocycles. The number of aliphatic imine (C=N–C) groups is 1. The Kier molecular flexibility index (Phi) is 5.92. The molecule has 28 heavy (non-hydrogen) atoms. The van der Waals surface area contributed by atoms with Gasteiger partial charge in [0.15, 0.2) is 17.5 Å². The number of pyridine rings is 1. The Morgan fingerprint density at radius 1 is 1.11 bits per heavy atom. The molecule has 2 aliphatic heterocycles. The molecule has 148 valence electrons. The SMILES string of the molecule is CN=C(NCCc1ccccn1)N1CCN(Cc2ccc3c(c2)OCO3)CC1. The first-order chi connectivity index (χ1) is 13.8. The second-order valence-corrected chi connectivity index (χ2v) is 7.00. The topological polar surface area (TPSA) is 62.2 Å². The van der Waals surface area contributed by atoms with Crippen molar-refractivity contribution in [3.05, 3.63) is 53.9 Å². The molecule has 0 radical (unpaired) electrons. The van der Waals surface area contributed by atoms with Gasteiger partial charge in [-0.15, -0.1) is 0 Å². The minimum Gasteiger partial charge on any atom is -0.454 e. The van der Waals surface area contributed by atoms with Crippen LogP contribution in [0.3, 0.4) is 0 Å². The Hall–Kier alpha value is -2.80. The summed E-state index contributed by atoms with van der Waals surface area (Å²) in [6.07, 6.45) is 2.73. The van der Waals surface area contributed by atoms with Crippen LogP contribution in [-0.2, 0) is 13.0 Å². The average Bonchev–Trinajstić information content (AvgIpc) is 3.21. The summed E-state index contributed by atoms with van der Waals surface area (Å²) in [6.45, 7) is 6.04. The van der Waals surface area contributed by atoms with Gasteiger partial charge in [0.05, 0.1) is 0 Å². The molecular weight excluding hydrogens is 354 g/mol. The highest BCUT2D eigenvalue weighted by Crippen LogP contribution is 2.32. The van der Waals surface area contributed by atoms with Crippen LogP contribution in [-0.4, -0.2) is 67.3 Å². The minimum atomic E-state index is 0.323. The van der Waals surface area contributed by atoms with Gasteiger partial charge in [0.1, 0.15) is 0 Å². The Morgan fingerprint density at radius 3 is 2.75 bits per heavy atom. The van der Waals surface area contributed by atoms with Crippen LogP contribution in [0.1, 0.15) is 11.3 Å². The van der Waals surface area contributed by atoms with Gasteiger partial charge in [0.2, 0.25) is 6.79 Å². The third kappa shape index (κ3) is 4.54. The molecule has 1 fully saturated rings. The molecule has 7 nitrogen and oxygen atoms in total. The fourth-order valence-electron chi connectivity index (χ4n) is 3.60. The number of hydrogen-bond donors (Lipinski definition) is 1. The molecule has 7 heteroatoms.